The van der Waals surface area contributed by atoms with Crippen molar-refractivity contribution in [2.24, 2.45) is 5.73 Å². The van der Waals surface area contributed by atoms with Gasteiger partial charge in [0.05, 0.1) is 0 Å². The second kappa shape index (κ2) is 4.28. The lowest BCUT2D eigenvalue weighted by Crippen LogP contribution is -2.15. The van der Waals surface area contributed by atoms with E-state index in [1.165, 1.54) is 6.92 Å². The Balaban J connectivity index is 2.93. The zero-order chi connectivity index (χ0) is 10.7. The first-order valence-electron chi connectivity index (χ1n) is 4.20. The molecule has 1 atom stereocenters. The highest BCUT2D eigenvalue weighted by atomic mass is 19.1. The Hall–Kier alpha value is -1.29. The number of halogens is 2. The first-order chi connectivity index (χ1) is 6.50. The van der Waals surface area contributed by atoms with Gasteiger partial charge in [0, 0.05) is 18.0 Å². The zero-order valence-corrected chi connectivity index (χ0v) is 7.76. The maximum Gasteiger partial charge on any atom is 0.131 e. The van der Waals surface area contributed by atoms with Gasteiger partial charge in [0.25, 0.3) is 0 Å². The van der Waals surface area contributed by atoms with Gasteiger partial charge < -0.3 is 5.73 Å². The fraction of sp³-hybridized carbons (Fsp3) is 0.300. The number of hydrogen-bond acceptors (Lipinski definition) is 2. The highest BCUT2D eigenvalue weighted by molar-refractivity contribution is 5.76. The predicted molar refractivity (Wildman–Crippen MR) is 48.6 cm³/mol. The van der Waals surface area contributed by atoms with Crippen LogP contribution in [0.3, 0.4) is 0 Å². The Kier molecular flexibility index (Phi) is 3.30. The van der Waals surface area contributed by atoms with Gasteiger partial charge in [-0.15, -0.1) is 0 Å². The van der Waals surface area contributed by atoms with Crippen molar-refractivity contribution in [3.63, 3.8) is 0 Å². The van der Waals surface area contributed by atoms with Crippen molar-refractivity contribution in [2.75, 3.05) is 0 Å². The van der Waals surface area contributed by atoms with E-state index in [1.807, 2.05) is 0 Å². The molecule has 1 unspecified atom stereocenters. The van der Waals surface area contributed by atoms with Crippen LogP contribution in [0.25, 0.3) is 0 Å². The zero-order valence-electron chi connectivity index (χ0n) is 7.76. The van der Waals surface area contributed by atoms with Crippen LogP contribution in [0, 0.1) is 11.6 Å². The van der Waals surface area contributed by atoms with Crippen LogP contribution in [0.1, 0.15) is 24.9 Å². The monoisotopic (exact) mass is 199 g/mol. The standard InChI is InChI=1S/C10H11F2NO/c1-6(14)4-10(13)8-5-7(11)2-3-9(8)12/h2-3,5,10H,4,13H2,1H3. The molecule has 0 saturated carbocycles. The minimum absolute atomic E-state index is 0.0143. The van der Waals surface area contributed by atoms with Crippen molar-refractivity contribution in [3.05, 3.63) is 35.4 Å². The Morgan fingerprint density at radius 3 is 2.71 bits per heavy atom. The van der Waals surface area contributed by atoms with Gasteiger partial charge in [0.15, 0.2) is 0 Å². The number of rotatable bonds is 3. The summed E-state index contributed by atoms with van der Waals surface area (Å²) in [4.78, 5) is 10.7. The average molecular weight is 199 g/mol. The molecule has 76 valence electrons. The lowest BCUT2D eigenvalue weighted by molar-refractivity contribution is -0.117. The largest absolute Gasteiger partial charge is 0.323 e. The first kappa shape index (κ1) is 10.8. The molecule has 1 aromatic carbocycles. The summed E-state index contributed by atoms with van der Waals surface area (Å²) < 4.78 is 25.9. The quantitative estimate of drug-likeness (QED) is 0.808. The summed E-state index contributed by atoms with van der Waals surface area (Å²) in [7, 11) is 0. The highest BCUT2D eigenvalue weighted by Gasteiger charge is 2.13. The molecule has 0 aliphatic heterocycles. The third kappa shape index (κ3) is 2.60. The van der Waals surface area contributed by atoms with E-state index in [0.717, 1.165) is 18.2 Å². The SMILES string of the molecule is CC(=O)CC(N)c1cc(F)ccc1F. The van der Waals surface area contributed by atoms with Crippen molar-refractivity contribution in [1.29, 1.82) is 0 Å². The molecule has 0 aliphatic rings. The maximum atomic E-state index is 13.1. The van der Waals surface area contributed by atoms with E-state index in [4.69, 9.17) is 5.73 Å². The fourth-order valence-corrected chi connectivity index (χ4v) is 1.22. The van der Waals surface area contributed by atoms with E-state index in [2.05, 4.69) is 0 Å². The number of ketones is 1. The van der Waals surface area contributed by atoms with E-state index in [0.29, 0.717) is 0 Å². The topological polar surface area (TPSA) is 43.1 Å². The van der Waals surface area contributed by atoms with Crippen LogP contribution in [0.15, 0.2) is 18.2 Å². The van der Waals surface area contributed by atoms with E-state index in [-0.39, 0.29) is 17.8 Å². The minimum Gasteiger partial charge on any atom is -0.323 e. The Bertz CT molecular complexity index is 352. The van der Waals surface area contributed by atoms with Crippen molar-refractivity contribution in [2.45, 2.75) is 19.4 Å². The van der Waals surface area contributed by atoms with Gasteiger partial charge in [-0.3, -0.25) is 4.79 Å². The number of carbonyl (C=O) groups excluding carboxylic acids is 1. The van der Waals surface area contributed by atoms with Crippen molar-refractivity contribution in [3.8, 4) is 0 Å². The molecule has 0 heterocycles. The Morgan fingerprint density at radius 2 is 2.14 bits per heavy atom. The van der Waals surface area contributed by atoms with Gasteiger partial charge in [-0.05, 0) is 25.1 Å². The van der Waals surface area contributed by atoms with Crippen LogP contribution in [-0.4, -0.2) is 5.78 Å². The van der Waals surface area contributed by atoms with Gasteiger partial charge in [0.2, 0.25) is 0 Å². The molecule has 2 N–H and O–H groups in total. The molecule has 0 fully saturated rings. The molecule has 1 rings (SSSR count). The molecule has 0 aromatic heterocycles. The molecule has 0 amide bonds. The van der Waals surface area contributed by atoms with Gasteiger partial charge in [-0.2, -0.15) is 0 Å². The molecule has 1 aromatic rings. The third-order valence-corrected chi connectivity index (χ3v) is 1.86. The van der Waals surface area contributed by atoms with Crippen molar-refractivity contribution in [1.82, 2.24) is 0 Å². The Morgan fingerprint density at radius 1 is 1.50 bits per heavy atom. The summed E-state index contributed by atoms with van der Waals surface area (Å²) >= 11 is 0. The molecule has 0 spiro atoms. The number of carbonyl (C=O) groups is 1. The van der Waals surface area contributed by atoms with Crippen molar-refractivity contribution >= 4 is 5.78 Å². The van der Waals surface area contributed by atoms with Crippen molar-refractivity contribution < 1.29 is 13.6 Å². The van der Waals surface area contributed by atoms with Crippen LogP contribution < -0.4 is 5.73 Å². The van der Waals surface area contributed by atoms with Crippen LogP contribution in [-0.2, 0) is 4.79 Å². The number of Topliss-reactive ketones (excluding diaryl/α,β-unsaturated/α-hetero) is 1. The maximum absolute atomic E-state index is 13.1. The second-order valence-electron chi connectivity index (χ2n) is 3.18. The van der Waals surface area contributed by atoms with E-state index >= 15 is 0 Å². The molecular formula is C10H11F2NO. The van der Waals surface area contributed by atoms with Crippen LogP contribution >= 0.6 is 0 Å². The van der Waals surface area contributed by atoms with Gasteiger partial charge >= 0.3 is 0 Å². The van der Waals surface area contributed by atoms with Crippen LogP contribution in [0.5, 0.6) is 0 Å². The molecule has 0 bridgehead atoms. The minimum atomic E-state index is -0.775. The highest BCUT2D eigenvalue weighted by Crippen LogP contribution is 2.19. The number of benzene rings is 1. The predicted octanol–water partition coefficient (Wildman–Crippen LogP) is 1.94. The smallest absolute Gasteiger partial charge is 0.131 e. The van der Waals surface area contributed by atoms with Crippen LogP contribution in [0.4, 0.5) is 8.78 Å². The average Bonchev–Trinajstić information content (AvgIpc) is 2.08. The summed E-state index contributed by atoms with van der Waals surface area (Å²) in [5.41, 5.74) is 5.58. The van der Waals surface area contributed by atoms with Crippen LogP contribution in [0.2, 0.25) is 0 Å². The fourth-order valence-electron chi connectivity index (χ4n) is 1.22. The van der Waals surface area contributed by atoms with Gasteiger partial charge in [-0.25, -0.2) is 8.78 Å². The van der Waals surface area contributed by atoms with E-state index < -0.39 is 17.7 Å². The molecule has 14 heavy (non-hydrogen) atoms. The lowest BCUT2D eigenvalue weighted by atomic mass is 10.0. The van der Waals surface area contributed by atoms with Gasteiger partial charge in [0.1, 0.15) is 17.4 Å². The normalized spacial score (nSPS) is 12.6. The van der Waals surface area contributed by atoms with E-state index in [9.17, 15) is 13.6 Å². The summed E-state index contributed by atoms with van der Waals surface area (Å²) in [6, 6.07) is 2.26. The molecule has 0 aliphatic carbocycles. The molecule has 0 saturated heterocycles. The second-order valence-corrected chi connectivity index (χ2v) is 3.18. The Labute approximate surface area is 80.7 Å². The van der Waals surface area contributed by atoms with Gasteiger partial charge in [-0.1, -0.05) is 0 Å². The summed E-state index contributed by atoms with van der Waals surface area (Å²) in [6.45, 7) is 1.36. The molecule has 0 radical (unpaired) electrons. The number of hydrogen-bond donors (Lipinski definition) is 1. The molecular weight excluding hydrogens is 188 g/mol. The molecule has 2 nitrogen and oxygen atoms in total. The summed E-state index contributed by atoms with van der Waals surface area (Å²) in [5.74, 6) is -1.29. The summed E-state index contributed by atoms with van der Waals surface area (Å²) in [6.07, 6.45) is 0.0143. The van der Waals surface area contributed by atoms with E-state index in [1.54, 1.807) is 0 Å². The lowest BCUT2D eigenvalue weighted by Gasteiger charge is -2.10. The summed E-state index contributed by atoms with van der Waals surface area (Å²) in [5, 5.41) is 0. The number of nitrogens with two attached hydrogens (primary N) is 1. The third-order valence-electron chi connectivity index (χ3n) is 1.86. The molecule has 4 heteroatoms. The first-order valence-corrected chi connectivity index (χ1v) is 4.20.